The molecule has 0 aromatic rings. The van der Waals surface area contributed by atoms with Crippen molar-refractivity contribution in [3.63, 3.8) is 0 Å². The third kappa shape index (κ3) is 8.05. The van der Waals surface area contributed by atoms with Crippen molar-refractivity contribution in [3.8, 4) is 0 Å². The van der Waals surface area contributed by atoms with Crippen LogP contribution in [0.1, 0.15) is 13.3 Å². The minimum absolute atomic E-state index is 0.0269. The van der Waals surface area contributed by atoms with Crippen LogP contribution in [0.15, 0.2) is 12.2 Å². The summed E-state index contributed by atoms with van der Waals surface area (Å²) in [6.07, 6.45) is 4.16. The molecule has 0 aromatic carbocycles. The fourth-order valence-corrected chi connectivity index (χ4v) is 0.815. The summed E-state index contributed by atoms with van der Waals surface area (Å²) in [4.78, 5) is 25.2. The number of rotatable bonds is 3. The molecule has 0 amide bonds. The molecule has 0 atom stereocenters. The zero-order chi connectivity index (χ0) is 7.33. The van der Waals surface area contributed by atoms with Crippen LogP contribution in [0.3, 0.4) is 0 Å². The normalized spacial score (nSPS) is 12.9. The summed E-state index contributed by atoms with van der Waals surface area (Å²) < 4.78 is 0. The lowest BCUT2D eigenvalue weighted by atomic mass is 10.4. The van der Waals surface area contributed by atoms with E-state index in [-0.39, 0.29) is 6.16 Å². The van der Waals surface area contributed by atoms with Crippen LogP contribution in [0.25, 0.3) is 0 Å². The molecule has 0 unspecified atom stereocenters. The maximum atomic E-state index is 8.42. The zero-order valence-corrected chi connectivity index (χ0v) is 6.25. The average Bonchev–Trinajstić information content (AvgIpc) is 1.63. The Labute approximate surface area is 55.2 Å². The molecule has 9 heavy (non-hydrogen) atoms. The molecule has 3 N–H and O–H groups in total. The minimum Gasteiger partial charge on any atom is -0.193 e. The number of hydrogen-bond donors (Lipinski definition) is 3. The van der Waals surface area contributed by atoms with Crippen LogP contribution < -0.4 is 0 Å². The highest BCUT2D eigenvalue weighted by molar-refractivity contribution is 7.58. The smallest absolute Gasteiger partial charge is 0.193 e. The molecule has 0 saturated carbocycles. The van der Waals surface area contributed by atoms with Gasteiger partial charge in [0.15, 0.2) is 6.16 Å². The van der Waals surface area contributed by atoms with Crippen LogP contribution in [0.5, 0.6) is 0 Å². The molecule has 54 valence electrons. The van der Waals surface area contributed by atoms with Crippen molar-refractivity contribution in [2.45, 2.75) is 13.3 Å². The minimum atomic E-state index is -3.53. The topological polar surface area (TPSA) is 60.7 Å². The quantitative estimate of drug-likeness (QED) is 0.411. The molecule has 0 aliphatic heterocycles. The highest BCUT2D eigenvalue weighted by Gasteiger charge is 2.26. The molecule has 0 aliphatic carbocycles. The summed E-state index contributed by atoms with van der Waals surface area (Å²) >= 11 is 0. The molecular weight excluding hydrogens is 139 g/mol. The molecule has 0 rings (SSSR count). The summed E-state index contributed by atoms with van der Waals surface area (Å²) in [7, 11) is -3.53. The predicted molar refractivity (Wildman–Crippen MR) is 37.9 cm³/mol. The van der Waals surface area contributed by atoms with Gasteiger partial charge in [0, 0.05) is 0 Å². The van der Waals surface area contributed by atoms with Crippen LogP contribution >= 0.6 is 7.94 Å². The van der Waals surface area contributed by atoms with Crippen LogP contribution in [0.2, 0.25) is 0 Å². The second-order valence-electron chi connectivity index (χ2n) is 1.75. The molecule has 3 nitrogen and oxygen atoms in total. The Bertz CT molecular complexity index is 94.9. The van der Waals surface area contributed by atoms with Crippen molar-refractivity contribution < 1.29 is 14.7 Å². The van der Waals surface area contributed by atoms with Gasteiger partial charge in [-0.3, -0.25) is 0 Å². The zero-order valence-electron chi connectivity index (χ0n) is 5.36. The molecule has 0 saturated heterocycles. The van der Waals surface area contributed by atoms with Crippen molar-refractivity contribution in [3.05, 3.63) is 12.2 Å². The van der Waals surface area contributed by atoms with E-state index >= 15 is 0 Å². The third-order valence-corrected chi connectivity index (χ3v) is 1.45. The van der Waals surface area contributed by atoms with Crippen LogP contribution in [-0.2, 0) is 0 Å². The van der Waals surface area contributed by atoms with Gasteiger partial charge in [-0.15, -0.1) is 0 Å². The Kier molecular flexibility index (Phi) is 3.98. The first-order chi connectivity index (χ1) is 4.06. The van der Waals surface area contributed by atoms with E-state index in [4.69, 9.17) is 14.7 Å². The van der Waals surface area contributed by atoms with Crippen molar-refractivity contribution >= 4 is 7.94 Å². The Balaban J connectivity index is 3.38. The first-order valence-corrected chi connectivity index (χ1v) is 4.61. The van der Waals surface area contributed by atoms with Gasteiger partial charge in [0.25, 0.3) is 0 Å². The molecule has 0 spiro atoms. The monoisotopic (exact) mass is 151 g/mol. The van der Waals surface area contributed by atoms with Gasteiger partial charge >= 0.3 is 7.94 Å². The lowest BCUT2D eigenvalue weighted by Gasteiger charge is -1.97. The van der Waals surface area contributed by atoms with Gasteiger partial charge in [-0.2, -0.15) is 14.7 Å². The molecule has 0 heterocycles. The fraction of sp³-hybridized carbons (Fsp3) is 0.600. The molecule has 0 aliphatic rings. The maximum absolute atomic E-state index is 8.42. The van der Waals surface area contributed by atoms with E-state index in [1.54, 1.807) is 12.2 Å². The van der Waals surface area contributed by atoms with E-state index in [0.29, 0.717) is 0 Å². The van der Waals surface area contributed by atoms with E-state index in [1.165, 1.54) is 0 Å². The lowest BCUT2D eigenvalue weighted by molar-refractivity contribution is 0.335. The summed E-state index contributed by atoms with van der Waals surface area (Å²) in [5.41, 5.74) is 0. The number of hydrogen-bond acceptors (Lipinski definition) is 3. The van der Waals surface area contributed by atoms with Crippen molar-refractivity contribution in [2.75, 3.05) is 6.16 Å². The molecule has 0 fully saturated rings. The maximum Gasteiger partial charge on any atom is 0.407 e. The van der Waals surface area contributed by atoms with Crippen molar-refractivity contribution in [1.29, 1.82) is 0 Å². The van der Waals surface area contributed by atoms with E-state index < -0.39 is 7.94 Å². The molecule has 4 heteroatoms. The van der Waals surface area contributed by atoms with Crippen LogP contribution in [0.4, 0.5) is 0 Å². The van der Waals surface area contributed by atoms with Gasteiger partial charge in [0.2, 0.25) is 0 Å². The highest BCUT2D eigenvalue weighted by atomic mass is 31.2. The summed E-state index contributed by atoms with van der Waals surface area (Å²) in [5, 5.41) is 0. The van der Waals surface area contributed by atoms with Gasteiger partial charge in [-0.1, -0.05) is 13.0 Å². The van der Waals surface area contributed by atoms with Crippen LogP contribution in [0, 0.1) is 0 Å². The highest BCUT2D eigenvalue weighted by Crippen LogP contribution is 2.43. The predicted octanol–water partition coefficient (Wildman–Crippen LogP) is 0.692. The summed E-state index contributed by atoms with van der Waals surface area (Å²) in [5.74, 6) is 0. The van der Waals surface area contributed by atoms with Gasteiger partial charge in [-0.05, 0) is 12.5 Å². The largest absolute Gasteiger partial charge is 0.407 e. The van der Waals surface area contributed by atoms with Crippen molar-refractivity contribution in [1.82, 2.24) is 0 Å². The van der Waals surface area contributed by atoms with Gasteiger partial charge in [0.1, 0.15) is 0 Å². The van der Waals surface area contributed by atoms with E-state index in [0.717, 1.165) is 6.42 Å². The Hall–Kier alpha value is 0.0500. The van der Waals surface area contributed by atoms with Gasteiger partial charge in [-0.25, -0.2) is 0 Å². The third-order valence-electron chi connectivity index (χ3n) is 0.753. The SMILES string of the molecule is CCC=CC[P+](O)(O)O. The van der Waals surface area contributed by atoms with E-state index in [2.05, 4.69) is 0 Å². The second kappa shape index (κ2) is 3.96. The van der Waals surface area contributed by atoms with Gasteiger partial charge in [0.05, 0.1) is 0 Å². The molecular formula is C5H12O3P+. The molecule has 0 bridgehead atoms. The Morgan fingerprint density at radius 3 is 2.11 bits per heavy atom. The Morgan fingerprint density at radius 2 is 1.78 bits per heavy atom. The Morgan fingerprint density at radius 1 is 1.22 bits per heavy atom. The number of allylic oxidation sites excluding steroid dienone is 2. The lowest BCUT2D eigenvalue weighted by Crippen LogP contribution is -1.90. The van der Waals surface area contributed by atoms with E-state index in [9.17, 15) is 0 Å². The summed E-state index contributed by atoms with van der Waals surface area (Å²) in [6.45, 7) is 1.93. The molecule has 0 radical (unpaired) electrons. The van der Waals surface area contributed by atoms with Crippen molar-refractivity contribution in [2.24, 2.45) is 0 Å². The average molecular weight is 151 g/mol. The fourth-order valence-electron chi connectivity index (χ4n) is 0.383. The molecule has 0 aromatic heterocycles. The van der Waals surface area contributed by atoms with Gasteiger partial charge < -0.3 is 0 Å². The standard InChI is InChI=1S/C5H12O3P/c1-2-3-4-5-9(6,7)8/h3-4,6-8H,2,5H2,1H3/q+1. The van der Waals surface area contributed by atoms with E-state index in [1.807, 2.05) is 6.92 Å². The first kappa shape index (κ1) is 9.05. The van der Waals surface area contributed by atoms with Crippen LogP contribution in [-0.4, -0.2) is 20.8 Å². The first-order valence-electron chi connectivity index (χ1n) is 2.77. The summed E-state index contributed by atoms with van der Waals surface area (Å²) in [6, 6.07) is 0. The second-order valence-corrected chi connectivity index (χ2v) is 3.51.